The number of halogens is 1. The first-order chi connectivity index (χ1) is 18.9. The minimum atomic E-state index is -0.645. The molecule has 10 nitrogen and oxygen atoms in total. The van der Waals surface area contributed by atoms with Crippen LogP contribution in [0.4, 0.5) is 16.2 Å². The van der Waals surface area contributed by atoms with E-state index >= 15 is 0 Å². The summed E-state index contributed by atoms with van der Waals surface area (Å²) in [7, 11) is 3.62. The van der Waals surface area contributed by atoms with Crippen molar-refractivity contribution in [2.45, 2.75) is 31.7 Å². The molecule has 1 saturated heterocycles. The Hall–Kier alpha value is -4.25. The van der Waals surface area contributed by atoms with Gasteiger partial charge in [-0.1, -0.05) is 25.1 Å². The number of aromatic nitrogens is 5. The Morgan fingerprint density at radius 1 is 1.10 bits per heavy atom. The number of piperidine rings is 1. The Labute approximate surface area is 226 Å². The smallest absolute Gasteiger partial charge is 0.254 e. The lowest BCUT2D eigenvalue weighted by Gasteiger charge is -2.29. The van der Waals surface area contributed by atoms with Gasteiger partial charge < -0.3 is 20.9 Å². The van der Waals surface area contributed by atoms with Crippen LogP contribution in [0.15, 0.2) is 49.2 Å². The summed E-state index contributed by atoms with van der Waals surface area (Å²) in [5.41, 5.74) is 3.01. The van der Waals surface area contributed by atoms with Crippen LogP contribution in [0.1, 0.15) is 41.6 Å². The third-order valence-electron chi connectivity index (χ3n) is 7.12. The van der Waals surface area contributed by atoms with Gasteiger partial charge in [-0.15, -0.1) is 0 Å². The molecule has 5 rings (SSSR count). The van der Waals surface area contributed by atoms with Gasteiger partial charge in [-0.2, -0.15) is 0 Å². The summed E-state index contributed by atoms with van der Waals surface area (Å²) in [5.74, 6) is 0.151. The number of fused-ring (bicyclic) bond motifs is 1. The maximum atomic E-state index is 14.4. The number of nitrogens with one attached hydrogen (secondary N) is 3. The van der Waals surface area contributed by atoms with Crippen LogP contribution in [0, 0.1) is 5.82 Å². The summed E-state index contributed by atoms with van der Waals surface area (Å²) in [6.07, 6.45) is 8.28. The Morgan fingerprint density at radius 3 is 2.62 bits per heavy atom. The SMILES string of the molecule is CNC(=O)c1c(F)cnc2c([C@H](C)CNc3cc(-c4cnc(NC5CCN(C)CC5)nc4)ncn3)cccc12. The molecule has 39 heavy (non-hydrogen) atoms. The lowest BCUT2D eigenvalue weighted by molar-refractivity contribution is 0.0960. The van der Waals surface area contributed by atoms with E-state index in [0.717, 1.165) is 43.3 Å². The van der Waals surface area contributed by atoms with Crippen molar-refractivity contribution >= 4 is 28.6 Å². The first-order valence-electron chi connectivity index (χ1n) is 13.1. The van der Waals surface area contributed by atoms with E-state index in [2.05, 4.69) is 52.8 Å². The second kappa shape index (κ2) is 11.6. The molecule has 202 valence electrons. The van der Waals surface area contributed by atoms with Gasteiger partial charge in [0.25, 0.3) is 5.91 Å². The Morgan fingerprint density at radius 2 is 1.87 bits per heavy atom. The number of benzene rings is 1. The van der Waals surface area contributed by atoms with Crippen molar-refractivity contribution in [1.82, 2.24) is 35.1 Å². The number of likely N-dealkylation sites (tertiary alicyclic amines) is 1. The highest BCUT2D eigenvalue weighted by molar-refractivity contribution is 6.06. The quantitative estimate of drug-likeness (QED) is 0.314. The van der Waals surface area contributed by atoms with Gasteiger partial charge in [0, 0.05) is 55.0 Å². The molecular weight excluding hydrogens is 497 g/mol. The second-order valence-electron chi connectivity index (χ2n) is 9.89. The van der Waals surface area contributed by atoms with E-state index < -0.39 is 11.7 Å². The van der Waals surface area contributed by atoms with Crippen molar-refractivity contribution in [1.29, 1.82) is 0 Å². The summed E-state index contributed by atoms with van der Waals surface area (Å²) in [5, 5.41) is 9.77. The van der Waals surface area contributed by atoms with E-state index in [1.54, 1.807) is 18.5 Å². The van der Waals surface area contributed by atoms with Crippen molar-refractivity contribution in [2.75, 3.05) is 44.4 Å². The molecule has 11 heteroatoms. The summed E-state index contributed by atoms with van der Waals surface area (Å²) in [6, 6.07) is 7.71. The number of para-hydroxylation sites is 1. The van der Waals surface area contributed by atoms with E-state index in [-0.39, 0.29) is 11.5 Å². The number of pyridine rings is 1. The molecule has 1 aromatic carbocycles. The van der Waals surface area contributed by atoms with Crippen molar-refractivity contribution in [2.24, 2.45) is 0 Å². The topological polar surface area (TPSA) is 121 Å². The molecule has 3 aromatic heterocycles. The van der Waals surface area contributed by atoms with E-state index in [1.807, 2.05) is 25.1 Å². The number of hydrogen-bond donors (Lipinski definition) is 3. The summed E-state index contributed by atoms with van der Waals surface area (Å²) < 4.78 is 14.4. The third-order valence-corrected chi connectivity index (χ3v) is 7.12. The van der Waals surface area contributed by atoms with Crippen molar-refractivity contribution in [3.63, 3.8) is 0 Å². The van der Waals surface area contributed by atoms with Gasteiger partial charge in [0.15, 0.2) is 5.82 Å². The highest BCUT2D eigenvalue weighted by atomic mass is 19.1. The summed E-state index contributed by atoms with van der Waals surface area (Å²) in [6.45, 7) is 4.72. The van der Waals surface area contributed by atoms with E-state index in [4.69, 9.17) is 0 Å². The standard InChI is InChI=1S/C28H32FN9O/c1-17(20-5-4-6-21-25(27(39)30-2)22(29)15-32-26(20)21)12-31-24-11-23(35-16-36-24)18-13-33-28(34-14-18)37-19-7-9-38(3)10-8-19/h4-6,11,13-17,19H,7-10,12H2,1-3H3,(H,30,39)(H,31,35,36)(H,33,34,37)/t17-/m1/s1. The molecule has 1 aliphatic heterocycles. The van der Waals surface area contributed by atoms with E-state index in [1.165, 1.54) is 13.4 Å². The zero-order chi connectivity index (χ0) is 27.4. The predicted octanol–water partition coefficient (Wildman–Crippen LogP) is 3.70. The maximum Gasteiger partial charge on any atom is 0.254 e. The largest absolute Gasteiger partial charge is 0.369 e. The highest BCUT2D eigenvalue weighted by Gasteiger charge is 2.20. The fraction of sp³-hybridized carbons (Fsp3) is 0.357. The minimum absolute atomic E-state index is 0.000246. The third kappa shape index (κ3) is 5.93. The van der Waals surface area contributed by atoms with Crippen molar-refractivity contribution in [3.8, 4) is 11.3 Å². The number of amides is 1. The van der Waals surface area contributed by atoms with E-state index in [9.17, 15) is 9.18 Å². The van der Waals surface area contributed by atoms with Gasteiger partial charge in [-0.25, -0.2) is 24.3 Å². The molecule has 4 aromatic rings. The predicted molar refractivity (Wildman–Crippen MR) is 149 cm³/mol. The molecule has 0 saturated carbocycles. The van der Waals surface area contributed by atoms with Gasteiger partial charge in [0.2, 0.25) is 5.95 Å². The van der Waals surface area contributed by atoms with Gasteiger partial charge in [-0.05, 0) is 38.5 Å². The van der Waals surface area contributed by atoms with Gasteiger partial charge >= 0.3 is 0 Å². The van der Waals surface area contributed by atoms with Crippen LogP contribution in [0.25, 0.3) is 22.2 Å². The van der Waals surface area contributed by atoms with Gasteiger partial charge in [-0.3, -0.25) is 9.78 Å². The Bertz CT molecular complexity index is 1460. The normalized spacial score (nSPS) is 15.2. The van der Waals surface area contributed by atoms with Crippen LogP contribution in [-0.4, -0.2) is 75.5 Å². The van der Waals surface area contributed by atoms with Crippen LogP contribution in [0.3, 0.4) is 0 Å². The molecule has 0 spiro atoms. The Kier molecular flexibility index (Phi) is 7.87. The van der Waals surface area contributed by atoms with Crippen LogP contribution in [-0.2, 0) is 0 Å². The molecule has 1 aliphatic rings. The fourth-order valence-electron chi connectivity index (χ4n) is 4.82. The second-order valence-corrected chi connectivity index (χ2v) is 9.89. The number of anilines is 2. The number of nitrogens with zero attached hydrogens (tertiary/aromatic N) is 6. The summed E-state index contributed by atoms with van der Waals surface area (Å²) in [4.78, 5) is 36.7. The molecular formula is C28H32FN9O. The van der Waals surface area contributed by atoms with Crippen molar-refractivity contribution < 1.29 is 9.18 Å². The zero-order valence-electron chi connectivity index (χ0n) is 22.3. The van der Waals surface area contributed by atoms with Crippen molar-refractivity contribution in [3.05, 3.63) is 66.1 Å². The molecule has 1 amide bonds. The minimum Gasteiger partial charge on any atom is -0.369 e. The zero-order valence-corrected chi connectivity index (χ0v) is 22.3. The number of hydrogen-bond acceptors (Lipinski definition) is 9. The highest BCUT2D eigenvalue weighted by Crippen LogP contribution is 2.28. The first-order valence-corrected chi connectivity index (χ1v) is 13.1. The Balaban J connectivity index is 1.27. The van der Waals surface area contributed by atoms with Crippen LogP contribution in [0.2, 0.25) is 0 Å². The van der Waals surface area contributed by atoms with Crippen LogP contribution >= 0.6 is 0 Å². The number of carbonyl (C=O) groups is 1. The van der Waals surface area contributed by atoms with Gasteiger partial charge in [0.1, 0.15) is 12.1 Å². The van der Waals surface area contributed by atoms with Crippen LogP contribution < -0.4 is 16.0 Å². The maximum absolute atomic E-state index is 14.4. The lowest BCUT2D eigenvalue weighted by Crippen LogP contribution is -2.37. The molecule has 1 fully saturated rings. The average Bonchev–Trinajstić information content (AvgIpc) is 2.97. The lowest BCUT2D eigenvalue weighted by atomic mass is 9.96. The number of carbonyl (C=O) groups excluding carboxylic acids is 1. The average molecular weight is 530 g/mol. The molecule has 1 atom stereocenters. The number of rotatable bonds is 8. The first kappa shape index (κ1) is 26.4. The molecule has 3 N–H and O–H groups in total. The van der Waals surface area contributed by atoms with Gasteiger partial charge in [0.05, 0.1) is 23.0 Å². The van der Waals surface area contributed by atoms with Crippen LogP contribution in [0.5, 0.6) is 0 Å². The molecule has 0 radical (unpaired) electrons. The summed E-state index contributed by atoms with van der Waals surface area (Å²) >= 11 is 0. The molecule has 0 aliphatic carbocycles. The molecule has 4 heterocycles. The van der Waals surface area contributed by atoms with E-state index in [0.29, 0.717) is 40.9 Å². The molecule has 0 unspecified atom stereocenters. The molecule has 0 bridgehead atoms. The monoisotopic (exact) mass is 529 g/mol. The fourth-order valence-corrected chi connectivity index (χ4v) is 4.82.